The van der Waals surface area contributed by atoms with Crippen molar-refractivity contribution in [2.45, 2.75) is 19.2 Å². The number of hydrogen-bond donors (Lipinski definition) is 1. The first-order valence-corrected chi connectivity index (χ1v) is 6.03. The fraction of sp³-hybridized carbons (Fsp3) is 0.364. The monoisotopic (exact) mass is 316 g/mol. The predicted molar refractivity (Wildman–Crippen MR) is 67.0 cm³/mol. The van der Waals surface area contributed by atoms with Crippen molar-refractivity contribution in [3.05, 3.63) is 24.8 Å². The molecule has 2 aromatic rings. The molecule has 0 saturated carbocycles. The standard InChI is InChI=1S/C11H11F3N6O2/c1-7(22-5-11(12,13)14)8(21)19-10-17-6-18-20(10)9-15-3-2-4-16-9/h2-4,6-7H,5H2,1H3,(H,17,18,19,21). The van der Waals surface area contributed by atoms with Gasteiger partial charge in [0.05, 0.1) is 0 Å². The molecule has 11 heteroatoms. The zero-order valence-electron chi connectivity index (χ0n) is 11.3. The minimum absolute atomic E-state index is 0.0290. The van der Waals surface area contributed by atoms with Gasteiger partial charge < -0.3 is 4.74 Å². The molecule has 1 amide bonds. The van der Waals surface area contributed by atoms with Crippen molar-refractivity contribution >= 4 is 11.9 Å². The van der Waals surface area contributed by atoms with E-state index in [9.17, 15) is 18.0 Å². The molecule has 2 heterocycles. The van der Waals surface area contributed by atoms with E-state index in [2.05, 4.69) is 30.1 Å². The third-order valence-corrected chi connectivity index (χ3v) is 2.39. The van der Waals surface area contributed by atoms with E-state index in [-0.39, 0.29) is 11.9 Å². The molecule has 0 radical (unpaired) electrons. The van der Waals surface area contributed by atoms with E-state index >= 15 is 0 Å². The summed E-state index contributed by atoms with van der Waals surface area (Å²) in [6, 6.07) is 1.59. The number of aromatic nitrogens is 5. The Morgan fingerprint density at radius 2 is 2.05 bits per heavy atom. The topological polar surface area (TPSA) is 94.8 Å². The van der Waals surface area contributed by atoms with Crippen LogP contribution in [0.2, 0.25) is 0 Å². The van der Waals surface area contributed by atoms with Crippen molar-refractivity contribution in [3.8, 4) is 5.95 Å². The Balaban J connectivity index is 2.02. The second-order valence-electron chi connectivity index (χ2n) is 4.10. The number of carbonyl (C=O) groups is 1. The van der Waals surface area contributed by atoms with Gasteiger partial charge in [0.1, 0.15) is 19.0 Å². The summed E-state index contributed by atoms with van der Waals surface area (Å²) >= 11 is 0. The maximum Gasteiger partial charge on any atom is 0.411 e. The number of amides is 1. The lowest BCUT2D eigenvalue weighted by molar-refractivity contribution is -0.184. The van der Waals surface area contributed by atoms with Crippen LogP contribution in [0.25, 0.3) is 5.95 Å². The Morgan fingerprint density at radius 1 is 1.36 bits per heavy atom. The van der Waals surface area contributed by atoms with Crippen molar-refractivity contribution in [2.24, 2.45) is 0 Å². The number of halogens is 3. The summed E-state index contributed by atoms with van der Waals surface area (Å²) in [5.41, 5.74) is 0. The first-order valence-electron chi connectivity index (χ1n) is 6.03. The molecule has 1 N–H and O–H groups in total. The number of hydrogen-bond acceptors (Lipinski definition) is 6. The fourth-order valence-electron chi connectivity index (χ4n) is 1.38. The van der Waals surface area contributed by atoms with Gasteiger partial charge in [-0.3, -0.25) is 10.1 Å². The molecule has 22 heavy (non-hydrogen) atoms. The van der Waals surface area contributed by atoms with Crippen LogP contribution in [-0.4, -0.2) is 49.5 Å². The molecule has 1 unspecified atom stereocenters. The SMILES string of the molecule is CC(OCC(F)(F)F)C(=O)Nc1ncnn1-c1ncccn1. The van der Waals surface area contributed by atoms with Crippen molar-refractivity contribution in [2.75, 3.05) is 11.9 Å². The molecule has 0 bridgehead atoms. The molecular formula is C11H11F3N6O2. The van der Waals surface area contributed by atoms with Crippen LogP contribution < -0.4 is 5.32 Å². The van der Waals surface area contributed by atoms with Crippen LogP contribution in [0, 0.1) is 0 Å². The van der Waals surface area contributed by atoms with E-state index in [1.807, 2.05) is 0 Å². The highest BCUT2D eigenvalue weighted by atomic mass is 19.4. The summed E-state index contributed by atoms with van der Waals surface area (Å²) < 4.78 is 41.7. The molecule has 0 aliphatic heterocycles. The Hall–Kier alpha value is -2.56. The number of anilines is 1. The molecule has 1 atom stereocenters. The van der Waals surface area contributed by atoms with Crippen LogP contribution in [0.1, 0.15) is 6.92 Å². The number of rotatable bonds is 5. The van der Waals surface area contributed by atoms with E-state index in [1.165, 1.54) is 19.3 Å². The maximum absolute atomic E-state index is 12.0. The van der Waals surface area contributed by atoms with Crippen LogP contribution in [0.4, 0.5) is 19.1 Å². The third-order valence-electron chi connectivity index (χ3n) is 2.39. The van der Waals surface area contributed by atoms with Gasteiger partial charge in [0.2, 0.25) is 5.95 Å². The normalized spacial score (nSPS) is 12.9. The van der Waals surface area contributed by atoms with Gasteiger partial charge >= 0.3 is 6.18 Å². The van der Waals surface area contributed by atoms with Gasteiger partial charge in [-0.05, 0) is 13.0 Å². The second-order valence-corrected chi connectivity index (χ2v) is 4.10. The number of nitrogens with zero attached hydrogens (tertiary/aromatic N) is 5. The Labute approximate surface area is 122 Å². The number of ether oxygens (including phenoxy) is 1. The fourth-order valence-corrected chi connectivity index (χ4v) is 1.38. The van der Waals surface area contributed by atoms with Gasteiger partial charge in [-0.15, -0.1) is 0 Å². The molecular weight excluding hydrogens is 305 g/mol. The Morgan fingerprint density at radius 3 is 2.68 bits per heavy atom. The quantitative estimate of drug-likeness (QED) is 0.883. The van der Waals surface area contributed by atoms with Gasteiger partial charge in [-0.1, -0.05) is 0 Å². The number of nitrogens with one attached hydrogen (secondary N) is 1. The highest BCUT2D eigenvalue weighted by Gasteiger charge is 2.30. The van der Waals surface area contributed by atoms with Crippen LogP contribution in [-0.2, 0) is 9.53 Å². The number of alkyl halides is 3. The molecule has 2 aromatic heterocycles. The van der Waals surface area contributed by atoms with Gasteiger partial charge in [0.15, 0.2) is 0 Å². The summed E-state index contributed by atoms with van der Waals surface area (Å²) in [5.74, 6) is -0.674. The molecule has 0 aromatic carbocycles. The van der Waals surface area contributed by atoms with E-state index in [0.717, 1.165) is 11.0 Å². The largest absolute Gasteiger partial charge is 0.411 e. The van der Waals surface area contributed by atoms with Crippen molar-refractivity contribution in [3.63, 3.8) is 0 Å². The predicted octanol–water partition coefficient (Wildman–Crippen LogP) is 0.963. The summed E-state index contributed by atoms with van der Waals surface area (Å²) in [6.07, 6.45) is -1.75. The molecule has 8 nitrogen and oxygen atoms in total. The van der Waals surface area contributed by atoms with Gasteiger partial charge in [0.25, 0.3) is 11.9 Å². The van der Waals surface area contributed by atoms with Crippen molar-refractivity contribution in [1.82, 2.24) is 24.7 Å². The molecule has 0 fully saturated rings. The smallest absolute Gasteiger partial charge is 0.359 e. The molecule has 0 saturated heterocycles. The molecule has 0 spiro atoms. The molecule has 2 rings (SSSR count). The summed E-state index contributed by atoms with van der Waals surface area (Å²) in [7, 11) is 0. The summed E-state index contributed by atoms with van der Waals surface area (Å²) in [5, 5.41) is 6.13. The van der Waals surface area contributed by atoms with E-state index in [4.69, 9.17) is 0 Å². The van der Waals surface area contributed by atoms with E-state index in [0.29, 0.717) is 0 Å². The summed E-state index contributed by atoms with van der Waals surface area (Å²) in [6.45, 7) is -0.323. The van der Waals surface area contributed by atoms with Gasteiger partial charge in [0, 0.05) is 12.4 Å². The Kier molecular flexibility index (Phi) is 4.65. The zero-order chi connectivity index (χ0) is 16.2. The van der Waals surface area contributed by atoms with Gasteiger partial charge in [-0.25, -0.2) is 9.97 Å². The molecule has 118 valence electrons. The lowest BCUT2D eigenvalue weighted by atomic mass is 10.4. The van der Waals surface area contributed by atoms with E-state index < -0.39 is 24.8 Å². The first-order chi connectivity index (χ1) is 10.4. The highest BCUT2D eigenvalue weighted by Crippen LogP contribution is 2.16. The average Bonchev–Trinajstić information content (AvgIpc) is 2.93. The average molecular weight is 316 g/mol. The van der Waals surface area contributed by atoms with Crippen LogP contribution in [0.15, 0.2) is 24.8 Å². The van der Waals surface area contributed by atoms with Crippen LogP contribution >= 0.6 is 0 Å². The van der Waals surface area contributed by atoms with Crippen molar-refractivity contribution < 1.29 is 22.7 Å². The molecule has 0 aliphatic rings. The maximum atomic E-state index is 12.0. The third kappa shape index (κ3) is 4.22. The Bertz CT molecular complexity index is 630. The highest BCUT2D eigenvalue weighted by molar-refractivity contribution is 5.92. The van der Waals surface area contributed by atoms with Gasteiger partial charge in [-0.2, -0.15) is 27.9 Å². The minimum atomic E-state index is -4.51. The van der Waals surface area contributed by atoms with Crippen LogP contribution in [0.5, 0.6) is 0 Å². The number of carbonyl (C=O) groups excluding carboxylic acids is 1. The molecule has 0 aliphatic carbocycles. The zero-order valence-corrected chi connectivity index (χ0v) is 11.3. The minimum Gasteiger partial charge on any atom is -0.359 e. The lowest BCUT2D eigenvalue weighted by Gasteiger charge is -2.14. The summed E-state index contributed by atoms with van der Waals surface area (Å²) in [4.78, 5) is 23.4. The van der Waals surface area contributed by atoms with Crippen molar-refractivity contribution in [1.29, 1.82) is 0 Å². The van der Waals surface area contributed by atoms with Crippen LogP contribution in [0.3, 0.4) is 0 Å². The van der Waals surface area contributed by atoms with E-state index in [1.54, 1.807) is 6.07 Å². The lowest BCUT2D eigenvalue weighted by Crippen LogP contribution is -2.32. The second kappa shape index (κ2) is 6.47. The first kappa shape index (κ1) is 15.8.